The largest absolute Gasteiger partial charge is 0.453 e. The van der Waals surface area contributed by atoms with Gasteiger partial charge in [0.25, 0.3) is 5.91 Å². The lowest BCUT2D eigenvalue weighted by molar-refractivity contribution is -0.164. The molecule has 0 bridgehead atoms. The van der Waals surface area contributed by atoms with Crippen LogP contribution in [0, 0.1) is 0 Å². The average Bonchev–Trinajstić information content (AvgIpc) is 2.78. The van der Waals surface area contributed by atoms with Crippen molar-refractivity contribution < 1.29 is 19.4 Å². The zero-order valence-electron chi connectivity index (χ0n) is 16.1. The van der Waals surface area contributed by atoms with E-state index in [9.17, 15) is 14.7 Å². The van der Waals surface area contributed by atoms with Crippen LogP contribution in [0.3, 0.4) is 0 Å². The van der Waals surface area contributed by atoms with Crippen molar-refractivity contribution in [2.45, 2.75) is 18.6 Å². The quantitative estimate of drug-likeness (QED) is 0.608. The number of benzene rings is 3. The predicted octanol–water partition coefficient (Wildman–Crippen LogP) is 3.34. The van der Waals surface area contributed by atoms with Gasteiger partial charge in [0.1, 0.15) is 0 Å². The molecule has 3 rings (SSSR count). The van der Waals surface area contributed by atoms with E-state index in [2.05, 4.69) is 5.32 Å². The van der Waals surface area contributed by atoms with Gasteiger partial charge in [-0.05, 0) is 23.6 Å². The number of aliphatic hydroxyl groups is 1. The number of ether oxygens (including phenoxy) is 1. The van der Waals surface area contributed by atoms with Crippen molar-refractivity contribution in [1.29, 1.82) is 0 Å². The summed E-state index contributed by atoms with van der Waals surface area (Å²) >= 11 is 0. The first-order chi connectivity index (χ1) is 14.0. The van der Waals surface area contributed by atoms with Crippen LogP contribution in [0.25, 0.3) is 0 Å². The molecule has 0 aliphatic heterocycles. The summed E-state index contributed by atoms with van der Waals surface area (Å²) in [6.07, 6.45) is 0. The molecule has 0 spiro atoms. The molecule has 3 aromatic carbocycles. The van der Waals surface area contributed by atoms with Crippen LogP contribution >= 0.6 is 0 Å². The number of hydrogen-bond acceptors (Lipinski definition) is 4. The molecule has 2 N–H and O–H groups in total. The van der Waals surface area contributed by atoms with Gasteiger partial charge in [-0.1, -0.05) is 91.0 Å². The standard InChI is InChI=1S/C24H23NO4/c1-18(19-11-5-2-6-12-19)25-22(26)17-29-23(27)24(28,20-13-7-3-8-14-20)21-15-9-4-10-16-21/h2-16,18,28H,17H2,1H3,(H,25,26)/t18-/m0/s1. The molecule has 5 heteroatoms. The van der Waals surface area contributed by atoms with Gasteiger partial charge in [0.2, 0.25) is 5.60 Å². The molecule has 0 radical (unpaired) electrons. The molecule has 3 aromatic rings. The molecule has 0 aromatic heterocycles. The minimum atomic E-state index is -2.01. The van der Waals surface area contributed by atoms with E-state index in [0.29, 0.717) is 11.1 Å². The fourth-order valence-electron chi connectivity index (χ4n) is 3.10. The highest BCUT2D eigenvalue weighted by molar-refractivity contribution is 5.88. The van der Waals surface area contributed by atoms with Crippen LogP contribution in [0.2, 0.25) is 0 Å². The molecule has 1 amide bonds. The Morgan fingerprint density at radius 3 is 1.79 bits per heavy atom. The van der Waals surface area contributed by atoms with Crippen LogP contribution in [0.4, 0.5) is 0 Å². The Morgan fingerprint density at radius 2 is 1.31 bits per heavy atom. The van der Waals surface area contributed by atoms with Gasteiger partial charge in [0, 0.05) is 0 Å². The number of nitrogens with one attached hydrogen (secondary N) is 1. The smallest absolute Gasteiger partial charge is 0.348 e. The molecular weight excluding hydrogens is 366 g/mol. The van der Waals surface area contributed by atoms with E-state index >= 15 is 0 Å². The topological polar surface area (TPSA) is 75.6 Å². The van der Waals surface area contributed by atoms with Crippen molar-refractivity contribution in [3.8, 4) is 0 Å². The average molecular weight is 389 g/mol. The van der Waals surface area contributed by atoms with E-state index in [-0.39, 0.29) is 6.04 Å². The summed E-state index contributed by atoms with van der Waals surface area (Å²) in [5.41, 5.74) is -0.325. The van der Waals surface area contributed by atoms with Gasteiger partial charge >= 0.3 is 5.97 Å². The monoisotopic (exact) mass is 389 g/mol. The maximum absolute atomic E-state index is 12.9. The van der Waals surface area contributed by atoms with E-state index in [0.717, 1.165) is 5.56 Å². The summed E-state index contributed by atoms with van der Waals surface area (Å²) < 4.78 is 5.21. The number of hydrogen-bond donors (Lipinski definition) is 2. The van der Waals surface area contributed by atoms with Gasteiger partial charge in [-0.2, -0.15) is 0 Å². The first-order valence-corrected chi connectivity index (χ1v) is 9.36. The van der Waals surface area contributed by atoms with Crippen molar-refractivity contribution in [1.82, 2.24) is 5.32 Å². The van der Waals surface area contributed by atoms with Crippen molar-refractivity contribution in [2.75, 3.05) is 6.61 Å². The maximum Gasteiger partial charge on any atom is 0.348 e. The second kappa shape index (κ2) is 9.17. The zero-order valence-corrected chi connectivity index (χ0v) is 16.1. The van der Waals surface area contributed by atoms with Gasteiger partial charge in [0.05, 0.1) is 6.04 Å². The van der Waals surface area contributed by atoms with Crippen LogP contribution in [-0.4, -0.2) is 23.6 Å². The maximum atomic E-state index is 12.9. The molecular formula is C24H23NO4. The van der Waals surface area contributed by atoms with Crippen molar-refractivity contribution in [2.24, 2.45) is 0 Å². The fraction of sp³-hybridized carbons (Fsp3) is 0.167. The molecule has 148 valence electrons. The second-order valence-electron chi connectivity index (χ2n) is 6.72. The molecule has 1 atom stereocenters. The molecule has 0 heterocycles. The molecule has 5 nitrogen and oxygen atoms in total. The Bertz CT molecular complexity index is 903. The van der Waals surface area contributed by atoms with Gasteiger partial charge in [-0.15, -0.1) is 0 Å². The lowest BCUT2D eigenvalue weighted by atomic mass is 9.86. The van der Waals surface area contributed by atoms with Crippen LogP contribution in [-0.2, 0) is 19.9 Å². The minimum absolute atomic E-state index is 0.232. The minimum Gasteiger partial charge on any atom is -0.453 e. The number of carbonyl (C=O) groups is 2. The highest BCUT2D eigenvalue weighted by Crippen LogP contribution is 2.31. The first-order valence-electron chi connectivity index (χ1n) is 9.36. The molecule has 0 saturated carbocycles. The molecule has 0 fully saturated rings. The van der Waals surface area contributed by atoms with Gasteiger partial charge in [-0.3, -0.25) is 4.79 Å². The Morgan fingerprint density at radius 1 is 0.862 bits per heavy atom. The van der Waals surface area contributed by atoms with E-state index in [1.807, 2.05) is 37.3 Å². The molecule has 0 aliphatic carbocycles. The Hall–Kier alpha value is -3.44. The third kappa shape index (κ3) is 4.70. The number of esters is 1. The Kier molecular flexibility index (Phi) is 6.42. The number of carbonyl (C=O) groups excluding carboxylic acids is 2. The number of rotatable bonds is 7. The van der Waals surface area contributed by atoms with Crippen molar-refractivity contribution >= 4 is 11.9 Å². The predicted molar refractivity (Wildman–Crippen MR) is 110 cm³/mol. The lowest BCUT2D eigenvalue weighted by Crippen LogP contribution is -2.40. The molecule has 0 aliphatic rings. The normalized spacial score (nSPS) is 12.1. The van der Waals surface area contributed by atoms with Crippen LogP contribution in [0.1, 0.15) is 29.7 Å². The molecule has 29 heavy (non-hydrogen) atoms. The summed E-state index contributed by atoms with van der Waals surface area (Å²) in [5, 5.41) is 14.1. The van der Waals surface area contributed by atoms with E-state index in [4.69, 9.17) is 4.74 Å². The number of amides is 1. The first kappa shape index (κ1) is 20.3. The highest BCUT2D eigenvalue weighted by atomic mass is 16.6. The fourth-order valence-corrected chi connectivity index (χ4v) is 3.10. The van der Waals surface area contributed by atoms with Gasteiger partial charge < -0.3 is 15.2 Å². The lowest BCUT2D eigenvalue weighted by Gasteiger charge is -2.27. The van der Waals surface area contributed by atoms with E-state index < -0.39 is 24.1 Å². The molecule has 0 saturated heterocycles. The Balaban J connectivity index is 1.72. The Labute approximate surface area is 170 Å². The van der Waals surface area contributed by atoms with Crippen LogP contribution < -0.4 is 5.32 Å². The summed E-state index contributed by atoms with van der Waals surface area (Å²) in [6.45, 7) is 1.36. The summed E-state index contributed by atoms with van der Waals surface area (Å²) in [4.78, 5) is 25.1. The summed E-state index contributed by atoms with van der Waals surface area (Å²) in [7, 11) is 0. The van der Waals surface area contributed by atoms with Crippen molar-refractivity contribution in [3.63, 3.8) is 0 Å². The van der Waals surface area contributed by atoms with E-state index in [1.165, 1.54) is 0 Å². The summed E-state index contributed by atoms with van der Waals surface area (Å²) in [5.74, 6) is -1.35. The zero-order chi connectivity index (χ0) is 20.7. The highest BCUT2D eigenvalue weighted by Gasteiger charge is 2.41. The SMILES string of the molecule is C[C@H](NC(=O)COC(=O)C(O)(c1ccccc1)c1ccccc1)c1ccccc1. The third-order valence-corrected chi connectivity index (χ3v) is 4.69. The third-order valence-electron chi connectivity index (χ3n) is 4.69. The van der Waals surface area contributed by atoms with E-state index in [1.54, 1.807) is 60.7 Å². The summed E-state index contributed by atoms with van der Waals surface area (Å²) in [6, 6.07) is 26.3. The van der Waals surface area contributed by atoms with Crippen molar-refractivity contribution in [3.05, 3.63) is 108 Å². The van der Waals surface area contributed by atoms with Crippen LogP contribution in [0.15, 0.2) is 91.0 Å². The molecule has 0 unspecified atom stereocenters. The van der Waals surface area contributed by atoms with Gasteiger partial charge in [-0.25, -0.2) is 4.79 Å². The second-order valence-corrected chi connectivity index (χ2v) is 6.72. The van der Waals surface area contributed by atoms with Gasteiger partial charge in [0.15, 0.2) is 6.61 Å². The van der Waals surface area contributed by atoms with Crippen LogP contribution in [0.5, 0.6) is 0 Å².